The number of aromatic nitrogens is 2. The van der Waals surface area contributed by atoms with E-state index in [0.29, 0.717) is 25.5 Å². The number of hydrogen-bond donors (Lipinski definition) is 1. The number of rotatable bonds is 7. The highest BCUT2D eigenvalue weighted by Crippen LogP contribution is 2.21. The first kappa shape index (κ1) is 15.3. The lowest BCUT2D eigenvalue weighted by molar-refractivity contribution is -0.122. The topological polar surface area (TPSA) is 70.1 Å². The summed E-state index contributed by atoms with van der Waals surface area (Å²) in [6.45, 7) is 0.934. The number of nitrogens with two attached hydrogens (primary N) is 1. The largest absolute Gasteiger partial charge is 0.370 e. The standard InChI is InChI=1S/C13H15BrClN3O2/c14-9-1-2-10-11(7-9)18(13(17-10)3-4-15)5-6-20-8-12(16)19/h1-2,7H,3-6,8H2,(H2,16,19). The molecular weight excluding hydrogens is 346 g/mol. The Kier molecular flexibility index (Phi) is 5.39. The smallest absolute Gasteiger partial charge is 0.243 e. The molecule has 108 valence electrons. The number of hydrogen-bond acceptors (Lipinski definition) is 3. The molecule has 7 heteroatoms. The summed E-state index contributed by atoms with van der Waals surface area (Å²) in [4.78, 5) is 15.2. The molecule has 1 amide bonds. The van der Waals surface area contributed by atoms with Crippen molar-refractivity contribution in [3.8, 4) is 0 Å². The molecule has 0 aliphatic heterocycles. The Morgan fingerprint density at radius 2 is 2.30 bits per heavy atom. The lowest BCUT2D eigenvalue weighted by Crippen LogP contribution is -2.20. The van der Waals surface area contributed by atoms with E-state index in [1.807, 2.05) is 18.2 Å². The molecule has 0 unspecified atom stereocenters. The predicted octanol–water partition coefficient (Wildman–Crippen LogP) is 2.08. The van der Waals surface area contributed by atoms with Gasteiger partial charge in [-0.2, -0.15) is 0 Å². The van der Waals surface area contributed by atoms with Crippen LogP contribution in [0, 0.1) is 0 Å². The van der Waals surface area contributed by atoms with Crippen LogP contribution in [0.5, 0.6) is 0 Å². The van der Waals surface area contributed by atoms with E-state index in [1.165, 1.54) is 0 Å². The highest BCUT2D eigenvalue weighted by molar-refractivity contribution is 9.10. The van der Waals surface area contributed by atoms with Crippen LogP contribution in [0.4, 0.5) is 0 Å². The minimum Gasteiger partial charge on any atom is -0.370 e. The molecule has 1 aromatic carbocycles. The monoisotopic (exact) mass is 359 g/mol. The van der Waals surface area contributed by atoms with Crippen molar-refractivity contribution < 1.29 is 9.53 Å². The van der Waals surface area contributed by atoms with Gasteiger partial charge in [0.15, 0.2) is 0 Å². The molecular formula is C13H15BrClN3O2. The molecule has 0 radical (unpaired) electrons. The molecule has 0 aliphatic rings. The van der Waals surface area contributed by atoms with Crippen LogP contribution < -0.4 is 5.73 Å². The van der Waals surface area contributed by atoms with Gasteiger partial charge in [0, 0.05) is 23.3 Å². The molecule has 1 aromatic heterocycles. The van der Waals surface area contributed by atoms with Crippen LogP contribution in [0.3, 0.4) is 0 Å². The van der Waals surface area contributed by atoms with Gasteiger partial charge >= 0.3 is 0 Å². The maximum Gasteiger partial charge on any atom is 0.243 e. The number of aryl methyl sites for hydroxylation is 1. The van der Waals surface area contributed by atoms with Crippen molar-refractivity contribution in [1.82, 2.24) is 9.55 Å². The Hall–Kier alpha value is -1.11. The minimum atomic E-state index is -0.468. The SMILES string of the molecule is NC(=O)COCCn1c(CCCl)nc2ccc(Br)cc21. The molecule has 0 saturated heterocycles. The summed E-state index contributed by atoms with van der Waals surface area (Å²) in [6, 6.07) is 5.92. The molecule has 2 rings (SSSR count). The number of nitrogens with zero attached hydrogens (tertiary/aromatic N) is 2. The zero-order valence-electron chi connectivity index (χ0n) is 10.8. The van der Waals surface area contributed by atoms with E-state index in [4.69, 9.17) is 22.1 Å². The Balaban J connectivity index is 2.21. The molecule has 0 bridgehead atoms. The van der Waals surface area contributed by atoms with Crippen molar-refractivity contribution in [3.05, 3.63) is 28.5 Å². The molecule has 0 fully saturated rings. The van der Waals surface area contributed by atoms with Gasteiger partial charge in [0.05, 0.1) is 17.6 Å². The second-order valence-corrected chi connectivity index (χ2v) is 5.56. The number of carbonyl (C=O) groups is 1. The van der Waals surface area contributed by atoms with Gasteiger partial charge in [0.1, 0.15) is 12.4 Å². The van der Waals surface area contributed by atoms with Crippen LogP contribution in [0.1, 0.15) is 5.82 Å². The number of alkyl halides is 1. The fourth-order valence-corrected chi connectivity index (χ4v) is 2.52. The number of ether oxygens (including phenoxy) is 1. The number of imidazole rings is 1. The second-order valence-electron chi connectivity index (χ2n) is 4.27. The van der Waals surface area contributed by atoms with E-state index in [2.05, 4.69) is 25.5 Å². The van der Waals surface area contributed by atoms with Crippen LogP contribution in [0.15, 0.2) is 22.7 Å². The summed E-state index contributed by atoms with van der Waals surface area (Å²) >= 11 is 9.27. The van der Waals surface area contributed by atoms with Crippen LogP contribution in [-0.4, -0.2) is 34.6 Å². The van der Waals surface area contributed by atoms with Gasteiger partial charge in [-0.05, 0) is 18.2 Å². The predicted molar refractivity (Wildman–Crippen MR) is 81.9 cm³/mol. The van der Waals surface area contributed by atoms with Crippen LogP contribution >= 0.6 is 27.5 Å². The van der Waals surface area contributed by atoms with Crippen molar-refractivity contribution >= 4 is 44.5 Å². The van der Waals surface area contributed by atoms with Crippen LogP contribution in [0.25, 0.3) is 11.0 Å². The fraction of sp³-hybridized carbons (Fsp3) is 0.385. The summed E-state index contributed by atoms with van der Waals surface area (Å²) in [6.07, 6.45) is 0.684. The second kappa shape index (κ2) is 7.06. The number of halogens is 2. The summed E-state index contributed by atoms with van der Waals surface area (Å²) in [5, 5.41) is 0. The average molecular weight is 361 g/mol. The summed E-state index contributed by atoms with van der Waals surface area (Å²) in [5.41, 5.74) is 6.97. The maximum absolute atomic E-state index is 10.6. The summed E-state index contributed by atoms with van der Waals surface area (Å²) in [7, 11) is 0. The molecule has 0 atom stereocenters. The first-order chi connectivity index (χ1) is 9.61. The van der Waals surface area contributed by atoms with Gasteiger partial charge in [0.2, 0.25) is 5.91 Å². The quantitative estimate of drug-likeness (QED) is 0.607. The highest BCUT2D eigenvalue weighted by atomic mass is 79.9. The van der Waals surface area contributed by atoms with Gasteiger partial charge in [-0.1, -0.05) is 15.9 Å². The Bertz CT molecular complexity index is 615. The average Bonchev–Trinajstić information content (AvgIpc) is 2.72. The van der Waals surface area contributed by atoms with Crippen molar-refractivity contribution in [1.29, 1.82) is 0 Å². The molecule has 2 N–H and O–H groups in total. The van der Waals surface area contributed by atoms with Gasteiger partial charge < -0.3 is 15.0 Å². The molecule has 2 aromatic rings. The molecule has 0 aliphatic carbocycles. The van der Waals surface area contributed by atoms with Crippen LogP contribution in [-0.2, 0) is 22.5 Å². The number of benzene rings is 1. The summed E-state index contributed by atoms with van der Waals surface area (Å²) < 4.78 is 8.26. The Labute approximate surface area is 130 Å². The number of carbonyl (C=O) groups excluding carboxylic acids is 1. The maximum atomic E-state index is 10.6. The van der Waals surface area contributed by atoms with E-state index < -0.39 is 5.91 Å². The number of fused-ring (bicyclic) bond motifs is 1. The van der Waals surface area contributed by atoms with Crippen molar-refractivity contribution in [2.75, 3.05) is 19.1 Å². The zero-order valence-corrected chi connectivity index (χ0v) is 13.2. The zero-order chi connectivity index (χ0) is 14.5. The summed E-state index contributed by atoms with van der Waals surface area (Å²) in [5.74, 6) is 0.951. The molecule has 5 nitrogen and oxygen atoms in total. The van der Waals surface area contributed by atoms with Gasteiger partial charge in [-0.3, -0.25) is 4.79 Å². The van der Waals surface area contributed by atoms with Gasteiger partial charge in [0.25, 0.3) is 0 Å². The normalized spacial score (nSPS) is 11.1. The van der Waals surface area contributed by atoms with E-state index in [1.54, 1.807) is 0 Å². The van der Waals surface area contributed by atoms with E-state index in [-0.39, 0.29) is 6.61 Å². The highest BCUT2D eigenvalue weighted by Gasteiger charge is 2.10. The molecule has 20 heavy (non-hydrogen) atoms. The molecule has 0 saturated carbocycles. The fourth-order valence-electron chi connectivity index (χ4n) is 2.00. The first-order valence-electron chi connectivity index (χ1n) is 6.18. The van der Waals surface area contributed by atoms with E-state index in [0.717, 1.165) is 21.3 Å². The van der Waals surface area contributed by atoms with E-state index >= 15 is 0 Å². The third-order valence-corrected chi connectivity index (χ3v) is 3.49. The van der Waals surface area contributed by atoms with E-state index in [9.17, 15) is 4.79 Å². The van der Waals surface area contributed by atoms with Gasteiger partial charge in [-0.25, -0.2) is 4.98 Å². The van der Waals surface area contributed by atoms with Gasteiger partial charge in [-0.15, -0.1) is 11.6 Å². The third kappa shape index (κ3) is 3.71. The lowest BCUT2D eigenvalue weighted by atomic mass is 10.3. The molecule has 1 heterocycles. The van der Waals surface area contributed by atoms with Crippen molar-refractivity contribution in [3.63, 3.8) is 0 Å². The number of amides is 1. The van der Waals surface area contributed by atoms with Crippen molar-refractivity contribution in [2.45, 2.75) is 13.0 Å². The third-order valence-electron chi connectivity index (χ3n) is 2.81. The number of primary amides is 1. The lowest BCUT2D eigenvalue weighted by Gasteiger charge is -2.08. The molecule has 0 spiro atoms. The van der Waals surface area contributed by atoms with Crippen molar-refractivity contribution in [2.24, 2.45) is 5.73 Å². The Morgan fingerprint density at radius 1 is 1.50 bits per heavy atom. The van der Waals surface area contributed by atoms with Crippen LogP contribution in [0.2, 0.25) is 0 Å². The Morgan fingerprint density at radius 3 is 3.00 bits per heavy atom. The minimum absolute atomic E-state index is 0.0683. The first-order valence-corrected chi connectivity index (χ1v) is 7.51.